The zero-order valence-corrected chi connectivity index (χ0v) is 15.9. The van der Waals surface area contributed by atoms with Gasteiger partial charge < -0.3 is 4.43 Å². The molecular formula is C21H25NOSi. The topological polar surface area (TPSA) is 33.0 Å². The van der Waals surface area contributed by atoms with Gasteiger partial charge in [-0.2, -0.15) is 5.26 Å². The molecule has 0 aromatic heterocycles. The molecule has 24 heavy (non-hydrogen) atoms. The van der Waals surface area contributed by atoms with Crippen molar-refractivity contribution in [3.63, 3.8) is 0 Å². The average Bonchev–Trinajstić information content (AvgIpc) is 2.59. The second kappa shape index (κ2) is 7.50. The molecule has 0 saturated heterocycles. The first-order valence-electron chi connectivity index (χ1n) is 8.36. The summed E-state index contributed by atoms with van der Waals surface area (Å²) in [6.45, 7) is 8.65. The van der Waals surface area contributed by atoms with Crippen LogP contribution in [-0.2, 0) is 4.43 Å². The average molecular weight is 336 g/mol. The number of rotatable bonds is 5. The van der Waals surface area contributed by atoms with E-state index < -0.39 is 8.32 Å². The van der Waals surface area contributed by atoms with Crippen molar-refractivity contribution in [1.29, 1.82) is 5.26 Å². The van der Waals surface area contributed by atoms with Crippen LogP contribution >= 0.6 is 0 Å². The fourth-order valence-corrected chi connectivity index (χ4v) is 7.50. The first-order valence-corrected chi connectivity index (χ1v) is 10.3. The van der Waals surface area contributed by atoms with Crippen LogP contribution in [-0.4, -0.2) is 8.32 Å². The fraction of sp³-hybridized carbons (Fsp3) is 0.286. The quantitative estimate of drug-likeness (QED) is 0.461. The Morgan fingerprint density at radius 2 is 1.46 bits per heavy atom. The predicted molar refractivity (Wildman–Crippen MR) is 103 cm³/mol. The minimum absolute atomic E-state index is 0.126. The molecule has 124 valence electrons. The molecule has 0 radical (unpaired) electrons. The van der Waals surface area contributed by atoms with Crippen molar-refractivity contribution >= 4 is 18.7 Å². The Hall–Kier alpha value is -2.31. The van der Waals surface area contributed by atoms with Gasteiger partial charge in [0.25, 0.3) is 0 Å². The molecule has 0 N–H and O–H groups in total. The van der Waals surface area contributed by atoms with E-state index in [0.29, 0.717) is 5.76 Å². The summed E-state index contributed by atoms with van der Waals surface area (Å²) in [7, 11) is -2.66. The molecular weight excluding hydrogens is 310 g/mol. The molecule has 0 unspecified atom stereocenters. The molecule has 2 aromatic rings. The van der Waals surface area contributed by atoms with Crippen LogP contribution in [0.1, 0.15) is 34.1 Å². The number of nitrogens with zero attached hydrogens (tertiary/aromatic N) is 1. The van der Waals surface area contributed by atoms with E-state index >= 15 is 0 Å². The van der Waals surface area contributed by atoms with E-state index in [1.54, 1.807) is 0 Å². The number of hydrogen-bond donors (Lipinski definition) is 0. The Labute approximate surface area is 146 Å². The van der Waals surface area contributed by atoms with E-state index in [2.05, 4.69) is 51.1 Å². The van der Waals surface area contributed by atoms with Gasteiger partial charge in [-0.1, -0.05) is 88.4 Å². The van der Waals surface area contributed by atoms with Crippen molar-refractivity contribution in [1.82, 2.24) is 0 Å². The van der Waals surface area contributed by atoms with Crippen LogP contribution in [0.3, 0.4) is 0 Å². The summed E-state index contributed by atoms with van der Waals surface area (Å²) in [5, 5.41) is 11.8. The lowest BCUT2D eigenvalue weighted by Gasteiger charge is -2.42. The van der Waals surface area contributed by atoms with Crippen molar-refractivity contribution in [2.45, 2.75) is 39.2 Å². The van der Waals surface area contributed by atoms with Crippen molar-refractivity contribution in [3.05, 3.63) is 72.5 Å². The maximum atomic E-state index is 9.56. The van der Waals surface area contributed by atoms with Gasteiger partial charge in [0, 0.05) is 0 Å². The maximum absolute atomic E-state index is 9.56. The smallest absolute Gasteiger partial charge is 0.320 e. The molecule has 3 heteroatoms. The SMILES string of the molecule is CC/C=C(/C#N)O[Si](c1ccccc1)(c1ccccc1)C(C)(C)C. The number of hydrogen-bond acceptors (Lipinski definition) is 2. The third kappa shape index (κ3) is 3.44. The second-order valence-electron chi connectivity index (χ2n) is 6.85. The normalized spacial score (nSPS) is 12.5. The lowest BCUT2D eigenvalue weighted by molar-refractivity contribution is 0.414. The monoisotopic (exact) mass is 335 g/mol. The summed E-state index contributed by atoms with van der Waals surface area (Å²) in [4.78, 5) is 0. The van der Waals surface area contributed by atoms with Gasteiger partial charge in [-0.15, -0.1) is 0 Å². The molecule has 0 spiro atoms. The van der Waals surface area contributed by atoms with E-state index in [1.165, 1.54) is 10.4 Å². The van der Waals surface area contributed by atoms with E-state index in [4.69, 9.17) is 4.43 Å². The van der Waals surface area contributed by atoms with Crippen LogP contribution in [0.5, 0.6) is 0 Å². The van der Waals surface area contributed by atoms with Gasteiger partial charge in [-0.05, 0) is 27.9 Å². The molecule has 0 fully saturated rings. The zero-order chi connectivity index (χ0) is 17.6. The van der Waals surface area contributed by atoms with Crippen LogP contribution < -0.4 is 10.4 Å². The standard InChI is InChI=1S/C21H25NOSi/c1-5-12-18(17-22)23-24(21(2,3)4,19-13-8-6-9-14-19)20-15-10-7-11-16-20/h6-16H,5H2,1-4H3/b18-12-. The largest absolute Gasteiger partial charge is 0.527 e. The highest BCUT2D eigenvalue weighted by Crippen LogP contribution is 2.37. The number of nitriles is 1. The Kier molecular flexibility index (Phi) is 5.64. The Morgan fingerprint density at radius 1 is 1.00 bits per heavy atom. The molecule has 0 heterocycles. The maximum Gasteiger partial charge on any atom is 0.320 e. The predicted octanol–water partition coefficient (Wildman–Crippen LogP) is 4.38. The molecule has 0 aliphatic rings. The highest BCUT2D eigenvalue weighted by molar-refractivity contribution is 6.99. The van der Waals surface area contributed by atoms with Gasteiger partial charge in [0.2, 0.25) is 0 Å². The van der Waals surface area contributed by atoms with Crippen LogP contribution in [0.15, 0.2) is 72.5 Å². The molecule has 0 aliphatic carbocycles. The number of allylic oxidation sites excluding steroid dienone is 2. The highest BCUT2D eigenvalue weighted by Gasteiger charge is 2.52. The Morgan fingerprint density at radius 3 is 1.79 bits per heavy atom. The van der Waals surface area contributed by atoms with Crippen molar-refractivity contribution in [2.24, 2.45) is 0 Å². The third-order valence-electron chi connectivity index (χ3n) is 4.18. The molecule has 0 atom stereocenters. The third-order valence-corrected chi connectivity index (χ3v) is 9.11. The first-order chi connectivity index (χ1) is 11.5. The summed E-state index contributed by atoms with van der Waals surface area (Å²) in [5.41, 5.74) is 0. The molecule has 0 aliphatic heterocycles. The zero-order valence-electron chi connectivity index (χ0n) is 14.9. The summed E-state index contributed by atoms with van der Waals surface area (Å²) < 4.78 is 6.60. The van der Waals surface area contributed by atoms with Crippen LogP contribution in [0.25, 0.3) is 0 Å². The molecule has 0 bridgehead atoms. The van der Waals surface area contributed by atoms with Gasteiger partial charge in [0.05, 0.1) is 0 Å². The second-order valence-corrected chi connectivity index (χ2v) is 11.1. The van der Waals surface area contributed by atoms with E-state index in [-0.39, 0.29) is 5.04 Å². The van der Waals surface area contributed by atoms with Crippen LogP contribution in [0.2, 0.25) is 5.04 Å². The molecule has 0 saturated carbocycles. The lowest BCUT2D eigenvalue weighted by Crippen LogP contribution is -2.66. The van der Waals surface area contributed by atoms with Gasteiger partial charge >= 0.3 is 8.32 Å². The summed E-state index contributed by atoms with van der Waals surface area (Å²) in [6.07, 6.45) is 2.65. The minimum Gasteiger partial charge on any atom is -0.527 e. The molecule has 2 rings (SSSR count). The van der Waals surface area contributed by atoms with Crippen molar-refractivity contribution in [3.8, 4) is 6.07 Å². The Balaban J connectivity index is 2.76. The van der Waals surface area contributed by atoms with Crippen LogP contribution in [0, 0.1) is 11.3 Å². The highest BCUT2D eigenvalue weighted by atomic mass is 28.4. The van der Waals surface area contributed by atoms with Gasteiger partial charge in [0.1, 0.15) is 6.07 Å². The number of benzene rings is 2. The van der Waals surface area contributed by atoms with E-state index in [1.807, 2.05) is 49.4 Å². The van der Waals surface area contributed by atoms with Crippen LogP contribution in [0.4, 0.5) is 0 Å². The molecule has 2 nitrogen and oxygen atoms in total. The van der Waals surface area contributed by atoms with E-state index in [9.17, 15) is 5.26 Å². The van der Waals surface area contributed by atoms with Gasteiger partial charge in [-0.25, -0.2) is 0 Å². The minimum atomic E-state index is -2.66. The van der Waals surface area contributed by atoms with Crippen molar-refractivity contribution in [2.75, 3.05) is 0 Å². The van der Waals surface area contributed by atoms with Crippen molar-refractivity contribution < 1.29 is 4.43 Å². The molecule has 0 amide bonds. The van der Waals surface area contributed by atoms with Gasteiger partial charge in [-0.3, -0.25) is 0 Å². The summed E-state index contributed by atoms with van der Waals surface area (Å²) >= 11 is 0. The summed E-state index contributed by atoms with van der Waals surface area (Å²) in [6, 6.07) is 23.0. The fourth-order valence-electron chi connectivity index (χ4n) is 3.11. The lowest BCUT2D eigenvalue weighted by atomic mass is 10.2. The summed E-state index contributed by atoms with van der Waals surface area (Å²) in [5.74, 6) is 0.423. The Bertz CT molecular complexity index is 684. The first kappa shape index (κ1) is 18.0. The van der Waals surface area contributed by atoms with Gasteiger partial charge in [0.15, 0.2) is 5.76 Å². The van der Waals surface area contributed by atoms with E-state index in [0.717, 1.165) is 6.42 Å². The molecule has 2 aromatic carbocycles.